The molecule has 0 bridgehead atoms. The van der Waals surface area contributed by atoms with Gasteiger partial charge in [0.05, 0.1) is 0 Å². The van der Waals surface area contributed by atoms with Crippen molar-refractivity contribution in [3.8, 4) is 0 Å². The van der Waals surface area contributed by atoms with Crippen molar-refractivity contribution in [3.05, 3.63) is 0 Å². The van der Waals surface area contributed by atoms with E-state index in [1.807, 2.05) is 27.7 Å². The van der Waals surface area contributed by atoms with Gasteiger partial charge in [-0.25, -0.2) is 4.79 Å². The number of amides is 2. The van der Waals surface area contributed by atoms with Gasteiger partial charge < -0.3 is 20.5 Å². The Kier molecular flexibility index (Phi) is 8.59. The van der Waals surface area contributed by atoms with Crippen LogP contribution in [0.25, 0.3) is 0 Å². The van der Waals surface area contributed by atoms with Gasteiger partial charge in [-0.1, -0.05) is 27.7 Å². The first kappa shape index (κ1) is 21.7. The molecule has 1 unspecified atom stereocenters. The molecule has 23 heavy (non-hydrogen) atoms. The Bertz CT molecular complexity index is 387. The number of alkyl carbamates (subject to hydrolysis) is 1. The molecule has 0 fully saturated rings. The van der Waals surface area contributed by atoms with Gasteiger partial charge in [0.25, 0.3) is 0 Å². The number of rotatable bonds is 8. The van der Waals surface area contributed by atoms with Crippen molar-refractivity contribution in [1.82, 2.24) is 10.6 Å². The molecule has 0 aromatic heterocycles. The van der Waals surface area contributed by atoms with Crippen LogP contribution in [0.3, 0.4) is 0 Å². The molecule has 2 amide bonds. The summed E-state index contributed by atoms with van der Waals surface area (Å²) < 4.78 is 5.22. The van der Waals surface area contributed by atoms with E-state index in [0.717, 1.165) is 0 Å². The van der Waals surface area contributed by atoms with Crippen molar-refractivity contribution in [2.75, 3.05) is 13.2 Å². The van der Waals surface area contributed by atoms with Crippen LogP contribution < -0.4 is 10.6 Å². The molecule has 0 rings (SSSR count). The number of ether oxygens (including phenoxy) is 1. The fourth-order valence-electron chi connectivity index (χ4n) is 1.99. The van der Waals surface area contributed by atoms with Gasteiger partial charge in [-0.15, -0.1) is 0 Å². The van der Waals surface area contributed by atoms with Crippen molar-refractivity contribution in [2.24, 2.45) is 11.3 Å². The van der Waals surface area contributed by atoms with E-state index in [1.54, 1.807) is 20.8 Å². The molecule has 6 heteroatoms. The minimum absolute atomic E-state index is 0.0778. The van der Waals surface area contributed by atoms with Crippen LogP contribution >= 0.6 is 0 Å². The minimum atomic E-state index is -0.630. The highest BCUT2D eigenvalue weighted by Gasteiger charge is 2.26. The van der Waals surface area contributed by atoms with Crippen LogP contribution in [-0.2, 0) is 9.53 Å². The molecule has 0 aromatic carbocycles. The largest absolute Gasteiger partial charge is 0.444 e. The smallest absolute Gasteiger partial charge is 0.408 e. The zero-order chi connectivity index (χ0) is 18.3. The normalized spacial score (nSPS) is 13.6. The van der Waals surface area contributed by atoms with Crippen LogP contribution in [0.4, 0.5) is 4.79 Å². The standard InChI is InChI=1S/C17H34N2O4/c1-12(2)10-13(19-15(22)23-16(3,4)5)14(21)18-11-17(6,7)8-9-20/h12-13,20H,8-11H2,1-7H3,(H,18,21)(H,19,22). The van der Waals surface area contributed by atoms with E-state index in [4.69, 9.17) is 9.84 Å². The molecule has 0 saturated heterocycles. The van der Waals surface area contributed by atoms with Gasteiger partial charge in [-0.05, 0) is 44.9 Å². The van der Waals surface area contributed by atoms with Crippen molar-refractivity contribution < 1.29 is 19.4 Å². The van der Waals surface area contributed by atoms with Crippen LogP contribution in [0.15, 0.2) is 0 Å². The number of aliphatic hydroxyl groups excluding tert-OH is 1. The Hall–Kier alpha value is -1.30. The quantitative estimate of drug-likeness (QED) is 0.638. The van der Waals surface area contributed by atoms with E-state index >= 15 is 0 Å². The zero-order valence-electron chi connectivity index (χ0n) is 15.7. The number of nitrogens with one attached hydrogen (secondary N) is 2. The van der Waals surface area contributed by atoms with Crippen LogP contribution in [0.2, 0.25) is 0 Å². The first-order valence-corrected chi connectivity index (χ1v) is 8.24. The van der Waals surface area contributed by atoms with E-state index in [2.05, 4.69) is 10.6 Å². The number of aliphatic hydroxyl groups is 1. The highest BCUT2D eigenvalue weighted by molar-refractivity contribution is 5.85. The lowest BCUT2D eigenvalue weighted by atomic mass is 9.89. The van der Waals surface area contributed by atoms with E-state index in [9.17, 15) is 9.59 Å². The molecule has 1 atom stereocenters. The Morgan fingerprint density at radius 1 is 1.13 bits per heavy atom. The third-order valence-electron chi connectivity index (χ3n) is 3.24. The number of carbonyl (C=O) groups excluding carboxylic acids is 2. The van der Waals surface area contributed by atoms with Gasteiger partial charge in [-0.2, -0.15) is 0 Å². The predicted molar refractivity (Wildman–Crippen MR) is 91.1 cm³/mol. The average molecular weight is 330 g/mol. The summed E-state index contributed by atoms with van der Waals surface area (Å²) in [5.74, 6) is 0.0294. The highest BCUT2D eigenvalue weighted by atomic mass is 16.6. The molecule has 0 aliphatic heterocycles. The van der Waals surface area contributed by atoms with Gasteiger partial charge in [0.2, 0.25) is 5.91 Å². The first-order valence-electron chi connectivity index (χ1n) is 8.24. The maximum atomic E-state index is 12.4. The molecule has 0 saturated carbocycles. The Morgan fingerprint density at radius 3 is 2.13 bits per heavy atom. The second kappa shape index (κ2) is 9.11. The zero-order valence-corrected chi connectivity index (χ0v) is 15.7. The summed E-state index contributed by atoms with van der Waals surface area (Å²) >= 11 is 0. The van der Waals surface area contributed by atoms with Gasteiger partial charge in [0.1, 0.15) is 11.6 Å². The van der Waals surface area contributed by atoms with Crippen LogP contribution in [0, 0.1) is 11.3 Å². The molecule has 0 radical (unpaired) electrons. The second-order valence-electron chi connectivity index (χ2n) is 8.18. The summed E-state index contributed by atoms with van der Waals surface area (Å²) in [6.07, 6.45) is 0.542. The number of hydrogen-bond donors (Lipinski definition) is 3. The lowest BCUT2D eigenvalue weighted by Gasteiger charge is -2.27. The van der Waals surface area contributed by atoms with E-state index in [1.165, 1.54) is 0 Å². The molecular weight excluding hydrogens is 296 g/mol. The number of carbonyl (C=O) groups is 2. The average Bonchev–Trinajstić information content (AvgIpc) is 2.32. The fraction of sp³-hybridized carbons (Fsp3) is 0.882. The molecule has 6 nitrogen and oxygen atoms in total. The summed E-state index contributed by atoms with van der Waals surface area (Å²) in [6.45, 7) is 13.8. The van der Waals surface area contributed by atoms with Gasteiger partial charge in [0.15, 0.2) is 0 Å². The lowest BCUT2D eigenvalue weighted by molar-refractivity contribution is -0.124. The van der Waals surface area contributed by atoms with Crippen LogP contribution in [0.5, 0.6) is 0 Å². The maximum Gasteiger partial charge on any atom is 0.408 e. The molecule has 3 N–H and O–H groups in total. The van der Waals surface area contributed by atoms with Crippen molar-refractivity contribution in [2.45, 2.75) is 73.0 Å². The van der Waals surface area contributed by atoms with Crippen molar-refractivity contribution in [3.63, 3.8) is 0 Å². The Labute approximate surface area is 140 Å². The molecule has 0 aliphatic rings. The molecule has 0 aliphatic carbocycles. The summed E-state index contributed by atoms with van der Waals surface area (Å²) in [4.78, 5) is 24.3. The molecule has 136 valence electrons. The first-order chi connectivity index (χ1) is 10.4. The van der Waals surface area contributed by atoms with E-state index in [0.29, 0.717) is 19.4 Å². The van der Waals surface area contributed by atoms with Crippen LogP contribution in [-0.4, -0.2) is 41.9 Å². The van der Waals surface area contributed by atoms with Crippen molar-refractivity contribution >= 4 is 12.0 Å². The molecule has 0 spiro atoms. The van der Waals surface area contributed by atoms with E-state index < -0.39 is 17.7 Å². The molecular formula is C17H34N2O4. The van der Waals surface area contributed by atoms with Crippen molar-refractivity contribution in [1.29, 1.82) is 0 Å². The Balaban J connectivity index is 4.70. The third kappa shape index (κ3) is 11.0. The Morgan fingerprint density at radius 2 is 1.70 bits per heavy atom. The summed E-state index contributed by atoms with van der Waals surface area (Å²) in [7, 11) is 0. The van der Waals surface area contributed by atoms with Crippen LogP contribution in [0.1, 0.15) is 61.3 Å². The minimum Gasteiger partial charge on any atom is -0.444 e. The summed E-state index contributed by atoms with van der Waals surface area (Å²) in [5, 5.41) is 14.5. The fourth-order valence-corrected chi connectivity index (χ4v) is 1.99. The highest BCUT2D eigenvalue weighted by Crippen LogP contribution is 2.18. The van der Waals surface area contributed by atoms with Gasteiger partial charge >= 0.3 is 6.09 Å². The summed E-state index contributed by atoms with van der Waals surface area (Å²) in [6, 6.07) is -0.630. The monoisotopic (exact) mass is 330 g/mol. The maximum absolute atomic E-state index is 12.4. The molecule has 0 heterocycles. The van der Waals surface area contributed by atoms with E-state index in [-0.39, 0.29) is 23.8 Å². The molecule has 0 aromatic rings. The van der Waals surface area contributed by atoms with Gasteiger partial charge in [-0.3, -0.25) is 4.79 Å². The topological polar surface area (TPSA) is 87.7 Å². The predicted octanol–water partition coefficient (Wildman–Crippen LogP) is 2.45. The number of hydrogen-bond acceptors (Lipinski definition) is 4. The summed E-state index contributed by atoms with van der Waals surface area (Å²) in [5.41, 5.74) is -0.801. The second-order valence-corrected chi connectivity index (χ2v) is 8.18. The lowest BCUT2D eigenvalue weighted by Crippen LogP contribution is -2.50. The SMILES string of the molecule is CC(C)CC(NC(=O)OC(C)(C)C)C(=O)NCC(C)(C)CCO. The van der Waals surface area contributed by atoms with Gasteiger partial charge in [0, 0.05) is 13.2 Å². The third-order valence-corrected chi connectivity index (χ3v) is 3.24.